The molecule has 18 heavy (non-hydrogen) atoms. The Balaban J connectivity index is 2.05. The zero-order chi connectivity index (χ0) is 12.2. The minimum atomic E-state index is -0.208. The smallest absolute Gasteiger partial charge is 0.161 e. The zero-order valence-electron chi connectivity index (χ0n) is 9.39. The van der Waals surface area contributed by atoms with Crippen LogP contribution in [0.3, 0.4) is 0 Å². The van der Waals surface area contributed by atoms with Crippen molar-refractivity contribution >= 4 is 0 Å². The van der Waals surface area contributed by atoms with E-state index in [-0.39, 0.29) is 6.10 Å². The van der Waals surface area contributed by atoms with Gasteiger partial charge >= 0.3 is 0 Å². The molecule has 87 valence electrons. The van der Waals surface area contributed by atoms with Gasteiger partial charge in [-0.3, -0.25) is 0 Å². The first-order valence-corrected chi connectivity index (χ1v) is 5.44. The molecule has 1 atom stereocenters. The lowest BCUT2D eigenvalue weighted by atomic mass is 10.0. The molecule has 1 aliphatic heterocycles. The maximum atomic E-state index is 5.52. The average Bonchev–Trinajstić information content (AvgIpc) is 2.49. The molecule has 0 aliphatic carbocycles. The second-order valence-electron chi connectivity index (χ2n) is 3.63. The first-order valence-electron chi connectivity index (χ1n) is 5.44. The molecule has 1 aliphatic rings. The second-order valence-corrected chi connectivity index (χ2v) is 3.63. The number of nitrogens with zero attached hydrogens (tertiary/aromatic N) is 4. The summed E-state index contributed by atoms with van der Waals surface area (Å²) >= 11 is 0. The van der Waals surface area contributed by atoms with Gasteiger partial charge in [0, 0.05) is 18.0 Å². The molecule has 1 radical (unpaired) electrons. The fourth-order valence-corrected chi connectivity index (χ4v) is 1.68. The Bertz CT molecular complexity index is 595. The number of allylic oxidation sites excluding steroid dienone is 2. The Labute approximate surface area is 104 Å². The lowest BCUT2D eigenvalue weighted by Crippen LogP contribution is -2.05. The van der Waals surface area contributed by atoms with Crippen molar-refractivity contribution < 1.29 is 4.74 Å². The molecule has 5 heteroatoms. The Morgan fingerprint density at radius 2 is 2.06 bits per heavy atom. The van der Waals surface area contributed by atoms with Crippen molar-refractivity contribution in [3.05, 3.63) is 60.9 Å². The van der Waals surface area contributed by atoms with Gasteiger partial charge in [0.15, 0.2) is 5.82 Å². The number of hydrogen-bond acceptors (Lipinski definition) is 5. The molecule has 0 bridgehead atoms. The molecule has 0 saturated carbocycles. The quantitative estimate of drug-likeness (QED) is 0.798. The summed E-state index contributed by atoms with van der Waals surface area (Å²) in [4.78, 5) is 8.39. The van der Waals surface area contributed by atoms with Crippen molar-refractivity contribution in [2.75, 3.05) is 0 Å². The molecular formula is C13H9N4O. The van der Waals surface area contributed by atoms with Gasteiger partial charge in [0.1, 0.15) is 12.3 Å². The number of aromatic nitrogens is 4. The third-order valence-corrected chi connectivity index (χ3v) is 2.50. The largest absolute Gasteiger partial charge is 0.489 e. The van der Waals surface area contributed by atoms with Gasteiger partial charge < -0.3 is 4.74 Å². The van der Waals surface area contributed by atoms with E-state index in [2.05, 4.69) is 26.4 Å². The summed E-state index contributed by atoms with van der Waals surface area (Å²) in [6, 6.07) is 1.76. The normalized spacial score (nSPS) is 17.4. The molecule has 2 aromatic heterocycles. The van der Waals surface area contributed by atoms with E-state index in [0.29, 0.717) is 11.4 Å². The highest BCUT2D eigenvalue weighted by Gasteiger charge is 2.17. The van der Waals surface area contributed by atoms with Crippen LogP contribution in [0.25, 0.3) is 11.4 Å². The molecular weight excluding hydrogens is 228 g/mol. The van der Waals surface area contributed by atoms with E-state index in [1.54, 1.807) is 30.9 Å². The Morgan fingerprint density at radius 3 is 2.83 bits per heavy atom. The van der Waals surface area contributed by atoms with Crippen LogP contribution < -0.4 is 0 Å². The van der Waals surface area contributed by atoms with E-state index in [1.807, 2.05) is 18.2 Å². The fraction of sp³-hybridized carbons (Fsp3) is 0.0769. The maximum absolute atomic E-state index is 5.52. The van der Waals surface area contributed by atoms with Crippen molar-refractivity contribution in [2.45, 2.75) is 6.10 Å². The van der Waals surface area contributed by atoms with Crippen LogP contribution in [0, 0.1) is 6.20 Å². The van der Waals surface area contributed by atoms with E-state index < -0.39 is 0 Å². The van der Waals surface area contributed by atoms with Gasteiger partial charge in [-0.05, 0) is 18.2 Å². The summed E-state index contributed by atoms with van der Waals surface area (Å²) in [6.07, 6.45) is 14.9. The lowest BCUT2D eigenvalue weighted by molar-refractivity contribution is 0.186. The van der Waals surface area contributed by atoms with Gasteiger partial charge in [-0.1, -0.05) is 6.08 Å². The highest BCUT2D eigenvalue weighted by molar-refractivity contribution is 5.58. The first kappa shape index (κ1) is 10.6. The summed E-state index contributed by atoms with van der Waals surface area (Å²) in [5.41, 5.74) is 1.55. The zero-order valence-corrected chi connectivity index (χ0v) is 9.39. The highest BCUT2D eigenvalue weighted by atomic mass is 16.5. The predicted octanol–water partition coefficient (Wildman–Crippen LogP) is 1.87. The van der Waals surface area contributed by atoms with Crippen LogP contribution in [0.4, 0.5) is 0 Å². The van der Waals surface area contributed by atoms with Crippen LogP contribution in [-0.4, -0.2) is 20.2 Å². The second kappa shape index (κ2) is 4.75. The van der Waals surface area contributed by atoms with E-state index in [0.717, 1.165) is 5.56 Å². The van der Waals surface area contributed by atoms with E-state index in [9.17, 15) is 0 Å². The van der Waals surface area contributed by atoms with Gasteiger partial charge in [0.2, 0.25) is 0 Å². The molecule has 1 unspecified atom stereocenters. The van der Waals surface area contributed by atoms with Gasteiger partial charge in [0.25, 0.3) is 0 Å². The Hall–Kier alpha value is -2.56. The standard InChI is InChI=1S/C13H9N4O/c1-2-7-18-12(4-1)10-8-16-17-9-11(10)13-14-5-3-6-15-13/h1-8,12H. The Kier molecular flexibility index (Phi) is 2.79. The number of rotatable bonds is 2. The number of hydrogen-bond donors (Lipinski definition) is 0. The lowest BCUT2D eigenvalue weighted by Gasteiger charge is -2.16. The van der Waals surface area contributed by atoms with E-state index >= 15 is 0 Å². The molecule has 0 aromatic carbocycles. The van der Waals surface area contributed by atoms with Crippen molar-refractivity contribution in [2.24, 2.45) is 0 Å². The molecule has 0 spiro atoms. The van der Waals surface area contributed by atoms with Crippen LogP contribution in [0.15, 0.2) is 49.1 Å². The Morgan fingerprint density at radius 1 is 1.17 bits per heavy atom. The first-order chi connectivity index (χ1) is 8.95. The molecule has 3 rings (SSSR count). The molecule has 0 amide bonds. The van der Waals surface area contributed by atoms with Gasteiger partial charge in [-0.2, -0.15) is 5.10 Å². The van der Waals surface area contributed by atoms with Crippen LogP contribution in [0.1, 0.15) is 11.7 Å². The summed E-state index contributed by atoms with van der Waals surface area (Å²) in [6.45, 7) is 0. The highest BCUT2D eigenvalue weighted by Crippen LogP contribution is 2.28. The molecule has 5 nitrogen and oxygen atoms in total. The monoisotopic (exact) mass is 237 g/mol. The molecule has 2 aromatic rings. The van der Waals surface area contributed by atoms with E-state index in [4.69, 9.17) is 4.74 Å². The summed E-state index contributed by atoms with van der Waals surface area (Å²) in [7, 11) is 0. The summed E-state index contributed by atoms with van der Waals surface area (Å²) in [5.74, 6) is 0.564. The van der Waals surface area contributed by atoms with Crippen molar-refractivity contribution in [3.63, 3.8) is 0 Å². The molecule has 0 fully saturated rings. The molecule has 3 heterocycles. The molecule has 0 saturated heterocycles. The average molecular weight is 237 g/mol. The maximum Gasteiger partial charge on any atom is 0.161 e. The molecule has 0 N–H and O–H groups in total. The van der Waals surface area contributed by atoms with Crippen LogP contribution in [0.5, 0.6) is 0 Å². The predicted molar refractivity (Wildman–Crippen MR) is 64.0 cm³/mol. The number of ether oxygens (including phenoxy) is 1. The van der Waals surface area contributed by atoms with Crippen LogP contribution >= 0.6 is 0 Å². The topological polar surface area (TPSA) is 60.8 Å². The van der Waals surface area contributed by atoms with Crippen LogP contribution in [-0.2, 0) is 4.74 Å². The minimum Gasteiger partial charge on any atom is -0.489 e. The van der Waals surface area contributed by atoms with Gasteiger partial charge in [0.05, 0.1) is 18.0 Å². The summed E-state index contributed by atoms with van der Waals surface area (Å²) < 4.78 is 5.52. The fourth-order valence-electron chi connectivity index (χ4n) is 1.68. The van der Waals surface area contributed by atoms with Crippen LogP contribution in [0.2, 0.25) is 0 Å². The van der Waals surface area contributed by atoms with Gasteiger partial charge in [-0.25, -0.2) is 9.97 Å². The third-order valence-electron chi connectivity index (χ3n) is 2.50. The van der Waals surface area contributed by atoms with Crippen molar-refractivity contribution in [3.8, 4) is 11.4 Å². The van der Waals surface area contributed by atoms with E-state index in [1.165, 1.54) is 0 Å². The summed E-state index contributed by atoms with van der Waals surface area (Å²) in [5, 5.41) is 7.61. The van der Waals surface area contributed by atoms with Gasteiger partial charge in [-0.15, -0.1) is 5.10 Å². The van der Waals surface area contributed by atoms with Crippen molar-refractivity contribution in [1.82, 2.24) is 20.2 Å². The van der Waals surface area contributed by atoms with Crippen molar-refractivity contribution in [1.29, 1.82) is 0 Å². The SMILES string of the molecule is [c]1nncc(C2C=CC=CO2)c1-c1ncccn1. The minimum absolute atomic E-state index is 0.208. The third kappa shape index (κ3) is 1.98.